The summed E-state index contributed by atoms with van der Waals surface area (Å²) >= 11 is 6.02. The Morgan fingerprint density at radius 2 is 1.94 bits per heavy atom. The van der Waals surface area contributed by atoms with Crippen LogP contribution in [0.15, 0.2) is 72.3 Å². The third kappa shape index (κ3) is 6.09. The molecule has 0 unspecified atom stereocenters. The van der Waals surface area contributed by atoms with Crippen molar-refractivity contribution in [3.8, 4) is 17.6 Å². The van der Waals surface area contributed by atoms with Crippen LogP contribution in [0.25, 0.3) is 6.08 Å². The largest absolute Gasteiger partial charge is 0.493 e. The van der Waals surface area contributed by atoms with Crippen LogP contribution in [0.1, 0.15) is 11.1 Å². The molecule has 0 saturated heterocycles. The van der Waals surface area contributed by atoms with Gasteiger partial charge in [0.15, 0.2) is 11.5 Å². The quantitative estimate of drug-likeness (QED) is 0.207. The molecule has 0 aliphatic heterocycles. The van der Waals surface area contributed by atoms with E-state index in [-0.39, 0.29) is 23.6 Å². The van der Waals surface area contributed by atoms with Crippen LogP contribution in [0.3, 0.4) is 0 Å². The van der Waals surface area contributed by atoms with Crippen molar-refractivity contribution >= 4 is 35.0 Å². The molecule has 0 aliphatic carbocycles. The second kappa shape index (κ2) is 10.8. The zero-order valence-electron chi connectivity index (χ0n) is 17.4. The average molecular weight is 464 g/mol. The minimum atomic E-state index is -0.721. The van der Waals surface area contributed by atoms with E-state index in [0.717, 1.165) is 5.56 Å². The Labute approximate surface area is 194 Å². The van der Waals surface area contributed by atoms with Gasteiger partial charge in [0.05, 0.1) is 12.0 Å². The highest BCUT2D eigenvalue weighted by Crippen LogP contribution is 2.33. The number of nitrogens with one attached hydrogen (secondary N) is 1. The van der Waals surface area contributed by atoms with Gasteiger partial charge in [-0.15, -0.1) is 0 Å². The Kier molecular flexibility index (Phi) is 7.63. The molecule has 1 N–H and O–H groups in total. The van der Waals surface area contributed by atoms with Gasteiger partial charge in [-0.25, -0.2) is 0 Å². The van der Waals surface area contributed by atoms with Gasteiger partial charge in [0.25, 0.3) is 11.6 Å². The third-order valence-corrected chi connectivity index (χ3v) is 4.72. The molecule has 0 radical (unpaired) electrons. The molecule has 0 fully saturated rings. The number of halogens is 1. The molecular formula is C24H18ClN3O5. The molecule has 8 nitrogen and oxygen atoms in total. The average Bonchev–Trinajstić information content (AvgIpc) is 2.81. The van der Waals surface area contributed by atoms with E-state index >= 15 is 0 Å². The number of nitriles is 1. The van der Waals surface area contributed by atoms with Crippen LogP contribution < -0.4 is 14.8 Å². The lowest BCUT2D eigenvalue weighted by molar-refractivity contribution is -0.384. The number of non-ortho nitro benzene ring substituents is 1. The maximum Gasteiger partial charge on any atom is 0.271 e. The van der Waals surface area contributed by atoms with Crippen molar-refractivity contribution in [2.75, 3.05) is 12.4 Å². The van der Waals surface area contributed by atoms with Crippen LogP contribution in [0, 0.1) is 21.4 Å². The van der Waals surface area contributed by atoms with Gasteiger partial charge in [-0.1, -0.05) is 41.9 Å². The van der Waals surface area contributed by atoms with Crippen molar-refractivity contribution in [3.63, 3.8) is 0 Å². The first-order valence-electron chi connectivity index (χ1n) is 9.63. The number of para-hydroxylation sites is 1. The number of nitrogens with zero attached hydrogens (tertiary/aromatic N) is 2. The fourth-order valence-electron chi connectivity index (χ4n) is 2.94. The van der Waals surface area contributed by atoms with Gasteiger partial charge < -0.3 is 14.8 Å². The van der Waals surface area contributed by atoms with Crippen LogP contribution in [0.2, 0.25) is 5.02 Å². The minimum absolute atomic E-state index is 0.181. The molecule has 0 aromatic heterocycles. The molecule has 0 bridgehead atoms. The molecule has 0 heterocycles. The third-order valence-electron chi connectivity index (χ3n) is 4.48. The maximum atomic E-state index is 12.7. The van der Waals surface area contributed by atoms with E-state index in [9.17, 15) is 20.2 Å². The van der Waals surface area contributed by atoms with Gasteiger partial charge in [-0.05, 0) is 35.9 Å². The number of ether oxygens (including phenoxy) is 2. The Morgan fingerprint density at radius 1 is 1.18 bits per heavy atom. The van der Waals surface area contributed by atoms with Crippen molar-refractivity contribution in [2.45, 2.75) is 6.61 Å². The summed E-state index contributed by atoms with van der Waals surface area (Å²) < 4.78 is 11.3. The van der Waals surface area contributed by atoms with Crippen molar-refractivity contribution in [2.24, 2.45) is 0 Å². The van der Waals surface area contributed by atoms with Crippen LogP contribution in [-0.2, 0) is 11.4 Å². The smallest absolute Gasteiger partial charge is 0.271 e. The highest BCUT2D eigenvalue weighted by Gasteiger charge is 2.15. The predicted molar refractivity (Wildman–Crippen MR) is 124 cm³/mol. The number of nitro benzene ring substituents is 1. The first kappa shape index (κ1) is 23.3. The summed E-state index contributed by atoms with van der Waals surface area (Å²) in [6.45, 7) is 0.184. The van der Waals surface area contributed by atoms with E-state index in [1.54, 1.807) is 36.4 Å². The summed E-state index contributed by atoms with van der Waals surface area (Å²) in [6, 6.07) is 19.5. The van der Waals surface area contributed by atoms with Gasteiger partial charge in [-0.3, -0.25) is 14.9 Å². The summed E-state index contributed by atoms with van der Waals surface area (Å²) in [5.41, 5.74) is 1.06. The molecule has 9 heteroatoms. The van der Waals surface area contributed by atoms with E-state index in [4.69, 9.17) is 21.1 Å². The number of nitro groups is 1. The number of hydrogen-bond acceptors (Lipinski definition) is 6. The van der Waals surface area contributed by atoms with Crippen LogP contribution >= 0.6 is 11.6 Å². The summed E-state index contributed by atoms with van der Waals surface area (Å²) in [6.07, 6.45) is 1.36. The van der Waals surface area contributed by atoms with Crippen molar-refractivity contribution in [1.29, 1.82) is 5.26 Å². The fraction of sp³-hybridized carbons (Fsp3) is 0.0833. The standard InChI is InChI=1S/C24H18ClN3O5/c1-32-22-10-3-6-17(23(22)33-15-16-5-2-7-19(25)11-16)12-18(14-26)24(29)27-20-8-4-9-21(13-20)28(30)31/h2-13H,15H2,1H3,(H,27,29)/b18-12+. The summed E-state index contributed by atoms with van der Waals surface area (Å²) in [5, 5.41) is 23.6. The van der Waals surface area contributed by atoms with Gasteiger partial charge in [0.1, 0.15) is 18.2 Å². The Morgan fingerprint density at radius 3 is 2.64 bits per heavy atom. The number of carbonyl (C=O) groups excluding carboxylic acids is 1. The number of rotatable bonds is 8. The van der Waals surface area contributed by atoms with Crippen molar-refractivity contribution in [1.82, 2.24) is 0 Å². The zero-order valence-corrected chi connectivity index (χ0v) is 18.2. The van der Waals surface area contributed by atoms with E-state index in [1.165, 1.54) is 37.5 Å². The molecule has 33 heavy (non-hydrogen) atoms. The molecule has 166 valence electrons. The van der Waals surface area contributed by atoms with Crippen molar-refractivity contribution < 1.29 is 19.2 Å². The SMILES string of the molecule is COc1cccc(/C=C(\C#N)C(=O)Nc2cccc([N+](=O)[O-])c2)c1OCc1cccc(Cl)c1. The minimum Gasteiger partial charge on any atom is -0.493 e. The number of amides is 1. The Hall–Kier alpha value is -4.35. The number of carbonyl (C=O) groups is 1. The first-order chi connectivity index (χ1) is 15.9. The van der Waals surface area contributed by atoms with Gasteiger partial charge >= 0.3 is 0 Å². The lowest BCUT2D eigenvalue weighted by Gasteiger charge is -2.14. The van der Waals surface area contributed by atoms with Crippen LogP contribution in [0.5, 0.6) is 11.5 Å². The Bertz CT molecular complexity index is 1270. The summed E-state index contributed by atoms with van der Waals surface area (Å²) in [4.78, 5) is 23.0. The topological polar surface area (TPSA) is 114 Å². The molecule has 3 aromatic rings. The molecule has 3 aromatic carbocycles. The normalized spacial score (nSPS) is 10.8. The maximum absolute atomic E-state index is 12.7. The van der Waals surface area contributed by atoms with E-state index in [1.807, 2.05) is 12.1 Å². The molecule has 1 amide bonds. The molecule has 0 aliphatic rings. The number of hydrogen-bond donors (Lipinski definition) is 1. The zero-order chi connectivity index (χ0) is 23.8. The van der Waals surface area contributed by atoms with Crippen LogP contribution in [-0.4, -0.2) is 17.9 Å². The molecule has 0 saturated carbocycles. The molecule has 3 rings (SSSR count). The highest BCUT2D eigenvalue weighted by molar-refractivity contribution is 6.30. The molecule has 0 atom stereocenters. The lowest BCUT2D eigenvalue weighted by atomic mass is 10.1. The van der Waals surface area contributed by atoms with E-state index in [0.29, 0.717) is 22.1 Å². The number of methoxy groups -OCH3 is 1. The second-order valence-corrected chi connectivity index (χ2v) is 7.17. The predicted octanol–water partition coefficient (Wildman–Crippen LogP) is 5.38. The lowest BCUT2D eigenvalue weighted by Crippen LogP contribution is -2.13. The number of anilines is 1. The monoisotopic (exact) mass is 463 g/mol. The highest BCUT2D eigenvalue weighted by atomic mass is 35.5. The number of benzene rings is 3. The first-order valence-corrected chi connectivity index (χ1v) is 10.0. The van der Waals surface area contributed by atoms with Gasteiger partial charge in [0, 0.05) is 28.4 Å². The van der Waals surface area contributed by atoms with E-state index in [2.05, 4.69) is 5.32 Å². The molecular weight excluding hydrogens is 446 g/mol. The van der Waals surface area contributed by atoms with Gasteiger partial charge in [0.2, 0.25) is 0 Å². The summed E-state index contributed by atoms with van der Waals surface area (Å²) in [7, 11) is 1.48. The second-order valence-electron chi connectivity index (χ2n) is 6.73. The molecule has 0 spiro atoms. The van der Waals surface area contributed by atoms with Gasteiger partial charge in [-0.2, -0.15) is 5.26 Å². The van der Waals surface area contributed by atoms with E-state index < -0.39 is 10.8 Å². The fourth-order valence-corrected chi connectivity index (χ4v) is 3.16. The Balaban J connectivity index is 1.88. The summed E-state index contributed by atoms with van der Waals surface area (Å²) in [5.74, 6) is 0.0413. The van der Waals surface area contributed by atoms with Crippen LogP contribution in [0.4, 0.5) is 11.4 Å². The van der Waals surface area contributed by atoms with Crippen molar-refractivity contribution in [3.05, 3.63) is 98.6 Å².